The lowest BCUT2D eigenvalue weighted by Crippen LogP contribution is -2.15. The number of anilines is 1. The molecule has 0 bridgehead atoms. The molecule has 6 nitrogen and oxygen atoms in total. The van der Waals surface area contributed by atoms with Crippen LogP contribution < -0.4 is 5.32 Å². The Kier molecular flexibility index (Phi) is 2.95. The molecule has 7 heteroatoms. The first kappa shape index (κ1) is 13.4. The zero-order valence-electron chi connectivity index (χ0n) is 12.2. The Morgan fingerprint density at radius 3 is 2.86 bits per heavy atom. The number of carbonyl (C=O) groups excluding carboxylic acids is 1. The van der Waals surface area contributed by atoms with Crippen molar-refractivity contribution in [2.75, 3.05) is 5.32 Å². The number of halogens is 1. The molecule has 0 radical (unpaired) electrons. The highest BCUT2D eigenvalue weighted by Crippen LogP contribution is 2.40. The summed E-state index contributed by atoms with van der Waals surface area (Å²) >= 11 is 0. The minimum atomic E-state index is -0.410. The lowest BCUT2D eigenvalue weighted by molar-refractivity contribution is -0.117. The van der Waals surface area contributed by atoms with Crippen molar-refractivity contribution in [3.8, 4) is 5.69 Å². The molecule has 0 unspecified atom stereocenters. The predicted molar refractivity (Wildman–Crippen MR) is 77.0 cm³/mol. The molecule has 1 aromatic heterocycles. The largest absolute Gasteiger partial charge is 0.326 e. The Labute approximate surface area is 126 Å². The van der Waals surface area contributed by atoms with Crippen LogP contribution in [-0.4, -0.2) is 26.1 Å². The van der Waals surface area contributed by atoms with E-state index in [1.54, 1.807) is 12.1 Å². The van der Waals surface area contributed by atoms with E-state index in [0.717, 1.165) is 19.3 Å². The Balaban J connectivity index is 1.63. The highest BCUT2D eigenvalue weighted by atomic mass is 19.1. The van der Waals surface area contributed by atoms with Gasteiger partial charge in [-0.2, -0.15) is 4.68 Å². The summed E-state index contributed by atoms with van der Waals surface area (Å²) < 4.78 is 15.6. The van der Waals surface area contributed by atoms with E-state index in [1.165, 1.54) is 10.7 Å². The van der Waals surface area contributed by atoms with Gasteiger partial charge < -0.3 is 5.32 Å². The molecular formula is C15H16FN5O. The summed E-state index contributed by atoms with van der Waals surface area (Å²) in [5.74, 6) is 1.07. The average molecular weight is 301 g/mol. The predicted octanol–water partition coefficient (Wildman–Crippen LogP) is 2.27. The van der Waals surface area contributed by atoms with Gasteiger partial charge in [0.15, 0.2) is 5.82 Å². The first-order chi connectivity index (χ1) is 10.6. The summed E-state index contributed by atoms with van der Waals surface area (Å²) in [6.07, 6.45) is 2.97. The van der Waals surface area contributed by atoms with Gasteiger partial charge in [-0.3, -0.25) is 4.79 Å². The van der Waals surface area contributed by atoms with Crippen molar-refractivity contribution in [3.63, 3.8) is 0 Å². The number of hydrogen-bond acceptors (Lipinski definition) is 4. The van der Waals surface area contributed by atoms with E-state index in [0.29, 0.717) is 23.3 Å². The second kappa shape index (κ2) is 4.86. The van der Waals surface area contributed by atoms with E-state index in [1.807, 2.05) is 6.92 Å². The van der Waals surface area contributed by atoms with Crippen molar-refractivity contribution in [2.45, 2.75) is 32.1 Å². The standard InChI is InChI=1S/C15H16FN5O/c1-8-6-11(8)15(22)17-10-4-5-12(16)13(7-10)21-14(9-2-3-9)18-19-20-21/h4-5,7-9,11H,2-3,6H2,1H3,(H,17,22)/t8-,11+/m1/s1. The molecule has 2 atom stereocenters. The van der Waals surface area contributed by atoms with Crippen LogP contribution in [0, 0.1) is 17.7 Å². The molecule has 0 saturated heterocycles. The van der Waals surface area contributed by atoms with Crippen LogP contribution >= 0.6 is 0 Å². The van der Waals surface area contributed by atoms with Gasteiger partial charge in [0.05, 0.1) is 0 Å². The molecular weight excluding hydrogens is 285 g/mol. The van der Waals surface area contributed by atoms with Gasteiger partial charge >= 0.3 is 0 Å². The van der Waals surface area contributed by atoms with E-state index in [2.05, 4.69) is 20.8 Å². The van der Waals surface area contributed by atoms with Gasteiger partial charge in [0.25, 0.3) is 0 Å². The molecule has 114 valence electrons. The number of hydrogen-bond donors (Lipinski definition) is 1. The van der Waals surface area contributed by atoms with Crippen LogP contribution in [0.25, 0.3) is 5.69 Å². The average Bonchev–Trinajstić information content (AvgIpc) is 3.41. The van der Waals surface area contributed by atoms with Gasteiger partial charge in [-0.05, 0) is 53.8 Å². The van der Waals surface area contributed by atoms with Gasteiger partial charge in [0, 0.05) is 17.5 Å². The van der Waals surface area contributed by atoms with Gasteiger partial charge in [-0.1, -0.05) is 6.92 Å². The fraction of sp³-hybridized carbons (Fsp3) is 0.467. The highest BCUT2D eigenvalue weighted by Gasteiger charge is 2.39. The van der Waals surface area contributed by atoms with Crippen LogP contribution in [0.4, 0.5) is 10.1 Å². The van der Waals surface area contributed by atoms with Gasteiger partial charge in [-0.15, -0.1) is 5.10 Å². The minimum absolute atomic E-state index is 0.0100. The third kappa shape index (κ3) is 2.36. The smallest absolute Gasteiger partial charge is 0.227 e. The minimum Gasteiger partial charge on any atom is -0.326 e. The summed E-state index contributed by atoms with van der Waals surface area (Å²) in [7, 11) is 0. The second-order valence-electron chi connectivity index (χ2n) is 6.20. The van der Waals surface area contributed by atoms with Crippen molar-refractivity contribution in [1.29, 1.82) is 0 Å². The van der Waals surface area contributed by atoms with Crippen molar-refractivity contribution in [3.05, 3.63) is 29.8 Å². The zero-order chi connectivity index (χ0) is 15.3. The van der Waals surface area contributed by atoms with E-state index in [-0.39, 0.29) is 17.5 Å². The lowest BCUT2D eigenvalue weighted by Gasteiger charge is -2.09. The first-order valence-electron chi connectivity index (χ1n) is 7.52. The summed E-state index contributed by atoms with van der Waals surface area (Å²) in [5.41, 5.74) is 0.839. The molecule has 22 heavy (non-hydrogen) atoms. The number of nitrogens with one attached hydrogen (secondary N) is 1. The number of nitrogens with zero attached hydrogens (tertiary/aromatic N) is 4. The highest BCUT2D eigenvalue weighted by molar-refractivity contribution is 5.94. The van der Waals surface area contributed by atoms with E-state index in [9.17, 15) is 9.18 Å². The summed E-state index contributed by atoms with van der Waals surface area (Å²) in [6, 6.07) is 4.48. The van der Waals surface area contributed by atoms with Crippen LogP contribution in [0.2, 0.25) is 0 Å². The maximum Gasteiger partial charge on any atom is 0.227 e. The van der Waals surface area contributed by atoms with E-state index >= 15 is 0 Å². The Morgan fingerprint density at radius 1 is 1.41 bits per heavy atom. The van der Waals surface area contributed by atoms with Crippen LogP contribution in [-0.2, 0) is 4.79 Å². The van der Waals surface area contributed by atoms with E-state index in [4.69, 9.17) is 0 Å². The molecule has 1 N–H and O–H groups in total. The zero-order valence-corrected chi connectivity index (χ0v) is 12.2. The quantitative estimate of drug-likeness (QED) is 0.940. The number of benzene rings is 1. The topological polar surface area (TPSA) is 72.7 Å². The molecule has 1 amide bonds. The molecule has 2 aromatic rings. The molecule has 2 aliphatic rings. The monoisotopic (exact) mass is 301 g/mol. The Hall–Kier alpha value is -2.31. The van der Waals surface area contributed by atoms with Crippen molar-refractivity contribution in [1.82, 2.24) is 20.2 Å². The molecule has 2 fully saturated rings. The summed E-state index contributed by atoms with van der Waals surface area (Å²) in [4.78, 5) is 12.0. The molecule has 1 aromatic carbocycles. The van der Waals surface area contributed by atoms with E-state index < -0.39 is 5.82 Å². The molecule has 0 aliphatic heterocycles. The number of aromatic nitrogens is 4. The van der Waals surface area contributed by atoms with Crippen LogP contribution in [0.1, 0.15) is 37.9 Å². The maximum absolute atomic E-state index is 14.1. The maximum atomic E-state index is 14.1. The Morgan fingerprint density at radius 2 is 2.18 bits per heavy atom. The first-order valence-corrected chi connectivity index (χ1v) is 7.52. The van der Waals surface area contributed by atoms with Crippen molar-refractivity contribution >= 4 is 11.6 Å². The van der Waals surface area contributed by atoms with Crippen LogP contribution in [0.3, 0.4) is 0 Å². The third-order valence-electron chi connectivity index (χ3n) is 4.32. The molecule has 4 rings (SSSR count). The molecule has 0 spiro atoms. The molecule has 2 saturated carbocycles. The van der Waals surface area contributed by atoms with Crippen LogP contribution in [0.5, 0.6) is 0 Å². The molecule has 2 aliphatic carbocycles. The van der Waals surface area contributed by atoms with Crippen LogP contribution in [0.15, 0.2) is 18.2 Å². The van der Waals surface area contributed by atoms with Crippen molar-refractivity contribution < 1.29 is 9.18 Å². The third-order valence-corrected chi connectivity index (χ3v) is 4.32. The fourth-order valence-corrected chi connectivity index (χ4v) is 2.64. The number of amides is 1. The SMILES string of the molecule is C[C@@H]1C[C@@H]1C(=O)Nc1ccc(F)c(-n2nnnc2C2CC2)c1. The summed E-state index contributed by atoms with van der Waals surface area (Å²) in [6.45, 7) is 2.04. The van der Waals surface area contributed by atoms with Gasteiger partial charge in [0.1, 0.15) is 11.5 Å². The lowest BCUT2D eigenvalue weighted by atomic mass is 10.2. The summed E-state index contributed by atoms with van der Waals surface area (Å²) in [5, 5.41) is 14.4. The normalized spacial score (nSPS) is 23.4. The number of rotatable bonds is 4. The Bertz CT molecular complexity index is 739. The van der Waals surface area contributed by atoms with Crippen molar-refractivity contribution in [2.24, 2.45) is 11.8 Å². The van der Waals surface area contributed by atoms with Gasteiger partial charge in [0.2, 0.25) is 5.91 Å². The fourth-order valence-electron chi connectivity index (χ4n) is 2.64. The van der Waals surface area contributed by atoms with Gasteiger partial charge in [-0.25, -0.2) is 4.39 Å². The molecule has 1 heterocycles. The number of carbonyl (C=O) groups is 1. The number of tetrazole rings is 1. The second-order valence-corrected chi connectivity index (χ2v) is 6.20.